The minimum Gasteiger partial charge on any atom is -0.444 e. The summed E-state index contributed by atoms with van der Waals surface area (Å²) < 4.78 is 18.5. The number of ether oxygens (including phenoxy) is 1. The zero-order valence-corrected chi connectivity index (χ0v) is 23.6. The molecule has 0 bridgehead atoms. The SMILES string of the molecule is CN1CC(C(=O)Nc2ccc(F)cc2)C(c2ccc(C=CC(=O)Nc3ccccc3NC(=O)OC(C)(C)C)cc2)C1. The first kappa shape index (κ1) is 29.5. The molecule has 214 valence electrons. The number of hydrogen-bond acceptors (Lipinski definition) is 5. The second-order valence-electron chi connectivity index (χ2n) is 11.1. The van der Waals surface area contributed by atoms with E-state index < -0.39 is 11.7 Å². The number of carbonyl (C=O) groups is 3. The maximum Gasteiger partial charge on any atom is 0.412 e. The highest BCUT2D eigenvalue weighted by Gasteiger charge is 2.37. The highest BCUT2D eigenvalue weighted by molar-refractivity contribution is 6.05. The molecule has 0 saturated carbocycles. The first-order valence-corrected chi connectivity index (χ1v) is 13.4. The van der Waals surface area contributed by atoms with E-state index in [9.17, 15) is 18.8 Å². The highest BCUT2D eigenvalue weighted by atomic mass is 19.1. The van der Waals surface area contributed by atoms with Gasteiger partial charge in [0.05, 0.1) is 17.3 Å². The number of likely N-dealkylation sites (N-methyl/N-ethyl adjacent to an activating group) is 1. The fourth-order valence-electron chi connectivity index (χ4n) is 4.69. The first-order valence-electron chi connectivity index (χ1n) is 13.4. The van der Waals surface area contributed by atoms with Gasteiger partial charge in [-0.05, 0) is 81.4 Å². The van der Waals surface area contributed by atoms with E-state index in [1.165, 1.54) is 18.2 Å². The number of likely N-dealkylation sites (tertiary alicyclic amines) is 1. The maximum absolute atomic E-state index is 13.2. The first-order chi connectivity index (χ1) is 19.5. The fraction of sp³-hybridized carbons (Fsp3) is 0.281. The van der Waals surface area contributed by atoms with Crippen molar-refractivity contribution in [2.45, 2.75) is 32.3 Å². The van der Waals surface area contributed by atoms with Gasteiger partial charge in [0.1, 0.15) is 11.4 Å². The molecule has 1 aliphatic heterocycles. The molecular formula is C32H35FN4O4. The molecule has 3 N–H and O–H groups in total. The Kier molecular flexibility index (Phi) is 9.19. The molecule has 2 atom stereocenters. The molecule has 1 aliphatic rings. The summed E-state index contributed by atoms with van der Waals surface area (Å²) in [5.41, 5.74) is 2.63. The van der Waals surface area contributed by atoms with Crippen molar-refractivity contribution in [2.75, 3.05) is 36.1 Å². The van der Waals surface area contributed by atoms with Crippen LogP contribution in [-0.4, -0.2) is 48.5 Å². The molecule has 4 rings (SSSR count). The number of nitrogens with one attached hydrogen (secondary N) is 3. The van der Waals surface area contributed by atoms with Crippen LogP contribution in [0.15, 0.2) is 78.9 Å². The Labute approximate surface area is 239 Å². The van der Waals surface area contributed by atoms with Gasteiger partial charge < -0.3 is 20.3 Å². The van der Waals surface area contributed by atoms with Gasteiger partial charge in [-0.25, -0.2) is 9.18 Å². The standard InChI is InChI=1S/C32H35FN4O4/c1-32(2,3)41-31(40)36-28-8-6-5-7-27(28)35-29(38)18-11-21-9-12-22(13-10-21)25-19-37(4)20-26(25)30(39)34-24-16-14-23(33)15-17-24/h5-18,25-26H,19-20H2,1-4H3,(H,34,39)(H,35,38)(H,36,40). The van der Waals surface area contributed by atoms with Gasteiger partial charge in [0, 0.05) is 30.8 Å². The number of benzene rings is 3. The van der Waals surface area contributed by atoms with Crippen molar-refractivity contribution in [2.24, 2.45) is 5.92 Å². The van der Waals surface area contributed by atoms with Gasteiger partial charge in [-0.3, -0.25) is 14.9 Å². The van der Waals surface area contributed by atoms with Crippen LogP contribution in [0.3, 0.4) is 0 Å². The maximum atomic E-state index is 13.2. The van der Waals surface area contributed by atoms with E-state index in [-0.39, 0.29) is 29.5 Å². The molecular weight excluding hydrogens is 523 g/mol. The van der Waals surface area contributed by atoms with Crippen LogP contribution in [0, 0.1) is 11.7 Å². The van der Waals surface area contributed by atoms with Crippen LogP contribution in [0.2, 0.25) is 0 Å². The molecule has 1 fully saturated rings. The number of halogens is 1. The van der Waals surface area contributed by atoms with Crippen molar-refractivity contribution < 1.29 is 23.5 Å². The van der Waals surface area contributed by atoms with E-state index in [4.69, 9.17) is 4.74 Å². The summed E-state index contributed by atoms with van der Waals surface area (Å²) in [5.74, 6) is -1.08. The molecule has 0 aliphatic carbocycles. The van der Waals surface area contributed by atoms with E-state index in [0.717, 1.165) is 17.7 Å². The van der Waals surface area contributed by atoms with Crippen LogP contribution < -0.4 is 16.0 Å². The number of carbonyl (C=O) groups excluding carboxylic acids is 3. The van der Waals surface area contributed by atoms with Gasteiger partial charge in [-0.1, -0.05) is 36.4 Å². The van der Waals surface area contributed by atoms with Crippen molar-refractivity contribution in [3.63, 3.8) is 0 Å². The third-order valence-corrected chi connectivity index (χ3v) is 6.56. The second-order valence-corrected chi connectivity index (χ2v) is 11.1. The highest BCUT2D eigenvalue weighted by Crippen LogP contribution is 2.33. The molecule has 41 heavy (non-hydrogen) atoms. The minimum atomic E-state index is -0.647. The Hall–Kier alpha value is -4.50. The predicted molar refractivity (Wildman–Crippen MR) is 159 cm³/mol. The van der Waals surface area contributed by atoms with Gasteiger partial charge >= 0.3 is 6.09 Å². The summed E-state index contributed by atoms with van der Waals surface area (Å²) >= 11 is 0. The van der Waals surface area contributed by atoms with Crippen LogP contribution in [0.1, 0.15) is 37.8 Å². The Balaban J connectivity index is 1.37. The summed E-state index contributed by atoms with van der Waals surface area (Å²) in [7, 11) is 1.98. The van der Waals surface area contributed by atoms with E-state index in [1.54, 1.807) is 63.2 Å². The quantitative estimate of drug-likeness (QED) is 0.304. The molecule has 1 saturated heterocycles. The lowest BCUT2D eigenvalue weighted by Gasteiger charge is -2.20. The largest absolute Gasteiger partial charge is 0.444 e. The molecule has 0 radical (unpaired) electrons. The van der Waals surface area contributed by atoms with Crippen LogP contribution >= 0.6 is 0 Å². The van der Waals surface area contributed by atoms with Gasteiger partial charge in [0.15, 0.2) is 0 Å². The minimum absolute atomic E-state index is 0.00393. The molecule has 8 nitrogen and oxygen atoms in total. The lowest BCUT2D eigenvalue weighted by molar-refractivity contribution is -0.119. The molecule has 0 aromatic heterocycles. The topological polar surface area (TPSA) is 99.8 Å². The van der Waals surface area contributed by atoms with Crippen LogP contribution in [-0.2, 0) is 14.3 Å². The van der Waals surface area contributed by atoms with Gasteiger partial charge in [-0.15, -0.1) is 0 Å². The van der Waals surface area contributed by atoms with Crippen molar-refractivity contribution in [3.8, 4) is 0 Å². The zero-order valence-electron chi connectivity index (χ0n) is 23.6. The molecule has 3 aromatic carbocycles. The van der Waals surface area contributed by atoms with Crippen LogP contribution in [0.4, 0.5) is 26.2 Å². The third-order valence-electron chi connectivity index (χ3n) is 6.56. The number of rotatable bonds is 7. The van der Waals surface area contributed by atoms with Gasteiger partial charge in [0.25, 0.3) is 0 Å². The number of anilines is 3. The van der Waals surface area contributed by atoms with Crippen LogP contribution in [0.25, 0.3) is 6.08 Å². The number of amides is 3. The van der Waals surface area contributed by atoms with Crippen molar-refractivity contribution in [1.29, 1.82) is 0 Å². The molecule has 2 unspecified atom stereocenters. The smallest absolute Gasteiger partial charge is 0.412 e. The van der Waals surface area contributed by atoms with E-state index in [0.29, 0.717) is 23.6 Å². The summed E-state index contributed by atoms with van der Waals surface area (Å²) in [5, 5.41) is 8.35. The Morgan fingerprint density at radius 1 is 0.878 bits per heavy atom. The van der Waals surface area contributed by atoms with E-state index in [1.807, 2.05) is 31.3 Å². The number of para-hydroxylation sites is 2. The van der Waals surface area contributed by atoms with Gasteiger partial charge in [0.2, 0.25) is 11.8 Å². The molecule has 3 amide bonds. The summed E-state index contributed by atoms with van der Waals surface area (Å²) in [6.07, 6.45) is 2.50. The lowest BCUT2D eigenvalue weighted by atomic mass is 9.88. The molecule has 0 spiro atoms. The Bertz CT molecular complexity index is 1410. The summed E-state index contributed by atoms with van der Waals surface area (Å²) in [4.78, 5) is 40.0. The third kappa shape index (κ3) is 8.49. The second kappa shape index (κ2) is 12.8. The fourth-order valence-corrected chi connectivity index (χ4v) is 4.69. The van der Waals surface area contributed by atoms with Crippen molar-refractivity contribution in [1.82, 2.24) is 4.90 Å². The van der Waals surface area contributed by atoms with Crippen molar-refractivity contribution >= 4 is 41.0 Å². The Morgan fingerprint density at radius 3 is 2.15 bits per heavy atom. The predicted octanol–water partition coefficient (Wildman–Crippen LogP) is 6.11. The summed E-state index contributed by atoms with van der Waals surface area (Å²) in [6, 6.07) is 20.4. The van der Waals surface area contributed by atoms with Gasteiger partial charge in [-0.2, -0.15) is 0 Å². The van der Waals surface area contributed by atoms with E-state index in [2.05, 4.69) is 20.9 Å². The average Bonchev–Trinajstić information content (AvgIpc) is 3.31. The molecule has 9 heteroatoms. The Morgan fingerprint density at radius 2 is 1.51 bits per heavy atom. The number of hydrogen-bond donors (Lipinski definition) is 3. The lowest BCUT2D eigenvalue weighted by Crippen LogP contribution is -2.28. The number of nitrogens with zero attached hydrogens (tertiary/aromatic N) is 1. The summed E-state index contributed by atoms with van der Waals surface area (Å²) in [6.45, 7) is 6.67. The van der Waals surface area contributed by atoms with E-state index >= 15 is 0 Å². The molecule has 3 aromatic rings. The average molecular weight is 559 g/mol. The van der Waals surface area contributed by atoms with Crippen LogP contribution in [0.5, 0.6) is 0 Å². The monoisotopic (exact) mass is 558 g/mol. The normalized spacial score (nSPS) is 17.3. The zero-order chi connectivity index (χ0) is 29.6. The van der Waals surface area contributed by atoms with Crippen molar-refractivity contribution in [3.05, 3.63) is 95.8 Å². The molecule has 1 heterocycles.